The molecule has 1 rings (SSSR count). The Morgan fingerprint density at radius 2 is 2.19 bits per heavy atom. The molecule has 0 fully saturated rings. The van der Waals surface area contributed by atoms with Crippen molar-refractivity contribution in [1.29, 1.82) is 0 Å². The molecule has 0 atom stereocenters. The first-order valence-electron chi connectivity index (χ1n) is 5.34. The fourth-order valence-electron chi connectivity index (χ4n) is 1.33. The van der Waals surface area contributed by atoms with Crippen LogP contribution >= 0.6 is 23.8 Å². The van der Waals surface area contributed by atoms with Crippen LogP contribution in [-0.4, -0.2) is 11.5 Å². The molecule has 1 aromatic carbocycles. The van der Waals surface area contributed by atoms with Gasteiger partial charge < -0.3 is 11.1 Å². The van der Waals surface area contributed by atoms with E-state index in [0.717, 1.165) is 24.2 Å². The van der Waals surface area contributed by atoms with Gasteiger partial charge in [0.2, 0.25) is 0 Å². The second kappa shape index (κ2) is 6.06. The van der Waals surface area contributed by atoms with E-state index in [2.05, 4.69) is 19.2 Å². The summed E-state index contributed by atoms with van der Waals surface area (Å²) in [5.74, 6) is 0.693. The lowest BCUT2D eigenvalue weighted by Crippen LogP contribution is -2.10. The second-order valence-electron chi connectivity index (χ2n) is 4.17. The molecule has 0 amide bonds. The van der Waals surface area contributed by atoms with Crippen molar-refractivity contribution in [2.45, 2.75) is 20.3 Å². The predicted octanol–water partition coefficient (Wildman–Crippen LogP) is 3.43. The smallest absolute Gasteiger partial charge is 0.105 e. The molecular weight excluding hydrogens is 240 g/mol. The lowest BCUT2D eigenvalue weighted by molar-refractivity contribution is 0.607. The molecule has 0 aliphatic carbocycles. The molecule has 3 N–H and O–H groups in total. The third-order valence-electron chi connectivity index (χ3n) is 2.29. The second-order valence-corrected chi connectivity index (χ2v) is 5.02. The molecule has 88 valence electrons. The average molecular weight is 257 g/mol. The van der Waals surface area contributed by atoms with Gasteiger partial charge in [-0.05, 0) is 30.5 Å². The molecular formula is C12H17ClN2S. The van der Waals surface area contributed by atoms with Gasteiger partial charge >= 0.3 is 0 Å². The third kappa shape index (κ3) is 3.99. The van der Waals surface area contributed by atoms with Gasteiger partial charge in [0.25, 0.3) is 0 Å². The van der Waals surface area contributed by atoms with Crippen LogP contribution in [0.25, 0.3) is 0 Å². The topological polar surface area (TPSA) is 38.0 Å². The Morgan fingerprint density at radius 3 is 2.69 bits per heavy atom. The highest BCUT2D eigenvalue weighted by molar-refractivity contribution is 7.80. The highest BCUT2D eigenvalue weighted by atomic mass is 35.5. The van der Waals surface area contributed by atoms with Crippen molar-refractivity contribution in [2.75, 3.05) is 11.9 Å². The van der Waals surface area contributed by atoms with Crippen LogP contribution in [0.2, 0.25) is 5.02 Å². The molecule has 0 bridgehead atoms. The zero-order valence-electron chi connectivity index (χ0n) is 9.59. The first kappa shape index (κ1) is 13.3. The summed E-state index contributed by atoms with van der Waals surface area (Å²) in [6.07, 6.45) is 1.13. The minimum atomic E-state index is 0.332. The molecule has 0 radical (unpaired) electrons. The molecule has 0 aliphatic heterocycles. The van der Waals surface area contributed by atoms with Crippen LogP contribution in [-0.2, 0) is 0 Å². The zero-order chi connectivity index (χ0) is 12.1. The molecule has 0 heterocycles. The maximum atomic E-state index is 6.06. The van der Waals surface area contributed by atoms with Gasteiger partial charge in [0, 0.05) is 17.8 Å². The number of hydrogen-bond donors (Lipinski definition) is 2. The Hall–Kier alpha value is -0.800. The van der Waals surface area contributed by atoms with Crippen LogP contribution < -0.4 is 11.1 Å². The molecule has 0 aliphatic rings. The lowest BCUT2D eigenvalue weighted by Gasteiger charge is -2.10. The molecule has 4 heteroatoms. The lowest BCUT2D eigenvalue weighted by atomic mass is 10.1. The third-order valence-corrected chi connectivity index (χ3v) is 2.82. The highest BCUT2D eigenvalue weighted by Crippen LogP contribution is 2.21. The Kier molecular flexibility index (Phi) is 5.03. The van der Waals surface area contributed by atoms with E-state index in [-0.39, 0.29) is 0 Å². The summed E-state index contributed by atoms with van der Waals surface area (Å²) in [5.41, 5.74) is 7.26. The van der Waals surface area contributed by atoms with Gasteiger partial charge in [0.05, 0.1) is 5.02 Å². The molecule has 2 nitrogen and oxygen atoms in total. The molecule has 1 aromatic rings. The maximum Gasteiger partial charge on any atom is 0.105 e. The van der Waals surface area contributed by atoms with E-state index in [1.54, 1.807) is 0 Å². The molecule has 0 saturated carbocycles. The van der Waals surface area contributed by atoms with Crippen molar-refractivity contribution in [3.8, 4) is 0 Å². The van der Waals surface area contributed by atoms with Crippen LogP contribution in [0.4, 0.5) is 5.69 Å². The Balaban J connectivity index is 2.63. The Bertz CT molecular complexity index is 377. The van der Waals surface area contributed by atoms with Crippen molar-refractivity contribution in [3.63, 3.8) is 0 Å². The Labute approximate surface area is 107 Å². The zero-order valence-corrected chi connectivity index (χ0v) is 11.2. The number of rotatable bonds is 5. The van der Waals surface area contributed by atoms with Crippen LogP contribution in [0, 0.1) is 5.92 Å². The van der Waals surface area contributed by atoms with Gasteiger partial charge in [0.1, 0.15) is 4.99 Å². The number of hydrogen-bond acceptors (Lipinski definition) is 2. The Morgan fingerprint density at radius 1 is 1.50 bits per heavy atom. The van der Waals surface area contributed by atoms with Gasteiger partial charge in [-0.25, -0.2) is 0 Å². The van der Waals surface area contributed by atoms with Crippen molar-refractivity contribution in [3.05, 3.63) is 28.8 Å². The van der Waals surface area contributed by atoms with Crippen molar-refractivity contribution in [2.24, 2.45) is 11.7 Å². The normalized spacial score (nSPS) is 10.5. The van der Waals surface area contributed by atoms with E-state index in [1.165, 1.54) is 0 Å². The van der Waals surface area contributed by atoms with E-state index >= 15 is 0 Å². The monoisotopic (exact) mass is 256 g/mol. The van der Waals surface area contributed by atoms with Crippen molar-refractivity contribution < 1.29 is 0 Å². The van der Waals surface area contributed by atoms with Crippen molar-refractivity contribution in [1.82, 2.24) is 0 Å². The van der Waals surface area contributed by atoms with Crippen LogP contribution in [0.1, 0.15) is 25.8 Å². The fraction of sp³-hybridized carbons (Fsp3) is 0.417. The van der Waals surface area contributed by atoms with Crippen LogP contribution in [0.5, 0.6) is 0 Å². The summed E-state index contributed by atoms with van der Waals surface area (Å²) >= 11 is 10.9. The van der Waals surface area contributed by atoms with Crippen LogP contribution in [0.15, 0.2) is 18.2 Å². The largest absolute Gasteiger partial charge is 0.389 e. The summed E-state index contributed by atoms with van der Waals surface area (Å²) in [7, 11) is 0. The SMILES string of the molecule is CC(C)CCNc1ccc(C(N)=S)c(Cl)c1. The van der Waals surface area contributed by atoms with Gasteiger partial charge in [0.15, 0.2) is 0 Å². The van der Waals surface area contributed by atoms with E-state index in [1.807, 2.05) is 18.2 Å². The fourth-order valence-corrected chi connectivity index (χ4v) is 1.85. The van der Waals surface area contributed by atoms with Gasteiger partial charge in [-0.15, -0.1) is 0 Å². The van der Waals surface area contributed by atoms with E-state index < -0.39 is 0 Å². The van der Waals surface area contributed by atoms with Gasteiger partial charge in [-0.1, -0.05) is 37.7 Å². The minimum Gasteiger partial charge on any atom is -0.389 e. The van der Waals surface area contributed by atoms with Gasteiger partial charge in [-0.2, -0.15) is 0 Å². The maximum absolute atomic E-state index is 6.06. The molecule has 0 aromatic heterocycles. The summed E-state index contributed by atoms with van der Waals surface area (Å²) in [6.45, 7) is 5.34. The van der Waals surface area contributed by atoms with Gasteiger partial charge in [-0.3, -0.25) is 0 Å². The standard InChI is InChI=1S/C12H17ClN2S/c1-8(2)5-6-15-9-3-4-10(12(14)16)11(13)7-9/h3-4,7-8,15H,5-6H2,1-2H3,(H2,14,16). The first-order chi connectivity index (χ1) is 7.50. The van der Waals surface area contributed by atoms with E-state index in [4.69, 9.17) is 29.6 Å². The number of anilines is 1. The number of thiocarbonyl (C=S) groups is 1. The number of nitrogens with one attached hydrogen (secondary N) is 1. The number of nitrogens with two attached hydrogens (primary N) is 1. The van der Waals surface area contributed by atoms with E-state index in [0.29, 0.717) is 15.9 Å². The number of benzene rings is 1. The quantitative estimate of drug-likeness (QED) is 0.793. The van der Waals surface area contributed by atoms with Crippen LogP contribution in [0.3, 0.4) is 0 Å². The molecule has 0 saturated heterocycles. The van der Waals surface area contributed by atoms with E-state index in [9.17, 15) is 0 Å². The first-order valence-corrected chi connectivity index (χ1v) is 6.12. The molecule has 0 spiro atoms. The summed E-state index contributed by atoms with van der Waals surface area (Å²) in [6, 6.07) is 5.65. The summed E-state index contributed by atoms with van der Waals surface area (Å²) in [5, 5.41) is 3.91. The summed E-state index contributed by atoms with van der Waals surface area (Å²) in [4.78, 5) is 0.332. The predicted molar refractivity (Wildman–Crippen MR) is 75.3 cm³/mol. The minimum absolute atomic E-state index is 0.332. The number of halogens is 1. The summed E-state index contributed by atoms with van der Waals surface area (Å²) < 4.78 is 0. The molecule has 0 unspecified atom stereocenters. The molecule has 16 heavy (non-hydrogen) atoms. The average Bonchev–Trinajstić information content (AvgIpc) is 2.16. The highest BCUT2D eigenvalue weighted by Gasteiger charge is 2.04. The van der Waals surface area contributed by atoms with Crippen molar-refractivity contribution >= 4 is 34.5 Å².